The molecule has 0 aliphatic heterocycles. The SMILES string of the molecule is CCCc1nc2cccc(C(=O)O)c2n1CCCOC. The summed E-state index contributed by atoms with van der Waals surface area (Å²) >= 11 is 0. The minimum atomic E-state index is -0.911. The van der Waals surface area contributed by atoms with Gasteiger partial charge in [0.05, 0.1) is 16.6 Å². The van der Waals surface area contributed by atoms with E-state index in [0.717, 1.165) is 42.7 Å². The second-order valence-electron chi connectivity index (χ2n) is 4.75. The molecule has 0 aliphatic rings. The van der Waals surface area contributed by atoms with Crippen LogP contribution >= 0.6 is 0 Å². The van der Waals surface area contributed by atoms with E-state index in [1.807, 2.05) is 10.6 Å². The summed E-state index contributed by atoms with van der Waals surface area (Å²) in [5.41, 5.74) is 1.79. The number of carbonyl (C=O) groups is 1. The molecule has 2 rings (SSSR count). The summed E-state index contributed by atoms with van der Waals surface area (Å²) in [6.07, 6.45) is 2.67. The Kier molecular flexibility index (Phi) is 4.74. The van der Waals surface area contributed by atoms with Crippen molar-refractivity contribution in [1.29, 1.82) is 0 Å². The number of hydrogen-bond acceptors (Lipinski definition) is 3. The highest BCUT2D eigenvalue weighted by molar-refractivity contribution is 6.01. The minimum Gasteiger partial charge on any atom is -0.478 e. The first-order valence-corrected chi connectivity index (χ1v) is 6.89. The van der Waals surface area contributed by atoms with Crippen molar-refractivity contribution in [2.75, 3.05) is 13.7 Å². The summed E-state index contributed by atoms with van der Waals surface area (Å²) in [5.74, 6) is 0.0406. The zero-order valence-corrected chi connectivity index (χ0v) is 11.9. The Bertz CT molecular complexity index is 604. The highest BCUT2D eigenvalue weighted by atomic mass is 16.5. The predicted octanol–water partition coefficient (Wildman–Crippen LogP) is 2.72. The Balaban J connectivity index is 2.52. The zero-order valence-electron chi connectivity index (χ0n) is 11.9. The molecule has 2 aromatic rings. The number of rotatable bonds is 7. The molecule has 0 spiro atoms. The number of methoxy groups -OCH3 is 1. The number of aromatic nitrogens is 2. The van der Waals surface area contributed by atoms with Crippen molar-refractivity contribution < 1.29 is 14.6 Å². The molecule has 1 N–H and O–H groups in total. The van der Waals surface area contributed by atoms with Gasteiger partial charge in [-0.1, -0.05) is 13.0 Å². The van der Waals surface area contributed by atoms with Gasteiger partial charge < -0.3 is 14.4 Å². The molecule has 0 atom stereocenters. The molecule has 0 radical (unpaired) electrons. The molecule has 0 fully saturated rings. The Morgan fingerprint density at radius 3 is 2.90 bits per heavy atom. The number of para-hydroxylation sites is 1. The summed E-state index contributed by atoms with van der Waals surface area (Å²) in [5, 5.41) is 9.35. The van der Waals surface area contributed by atoms with E-state index in [1.165, 1.54) is 0 Å². The van der Waals surface area contributed by atoms with Gasteiger partial charge in [-0.05, 0) is 25.0 Å². The van der Waals surface area contributed by atoms with Crippen LogP contribution in [0.1, 0.15) is 35.9 Å². The van der Waals surface area contributed by atoms with Gasteiger partial charge in [-0.3, -0.25) is 0 Å². The lowest BCUT2D eigenvalue weighted by Gasteiger charge is -2.09. The van der Waals surface area contributed by atoms with Crippen LogP contribution in [0.25, 0.3) is 11.0 Å². The molecule has 5 nitrogen and oxygen atoms in total. The summed E-state index contributed by atoms with van der Waals surface area (Å²) in [7, 11) is 1.67. The number of benzene rings is 1. The fourth-order valence-electron chi connectivity index (χ4n) is 2.43. The van der Waals surface area contributed by atoms with Crippen LogP contribution in [0.4, 0.5) is 0 Å². The summed E-state index contributed by atoms with van der Waals surface area (Å²) in [6.45, 7) is 3.47. The molecule has 0 bridgehead atoms. The van der Waals surface area contributed by atoms with E-state index < -0.39 is 5.97 Å². The summed E-state index contributed by atoms with van der Waals surface area (Å²) in [6, 6.07) is 5.25. The molecule has 20 heavy (non-hydrogen) atoms. The monoisotopic (exact) mass is 276 g/mol. The number of hydrogen-bond donors (Lipinski definition) is 1. The number of ether oxygens (including phenoxy) is 1. The average molecular weight is 276 g/mol. The normalized spacial score (nSPS) is 11.1. The lowest BCUT2D eigenvalue weighted by atomic mass is 10.2. The third kappa shape index (κ3) is 2.82. The Labute approximate surface area is 118 Å². The number of nitrogens with zero attached hydrogens (tertiary/aromatic N) is 2. The van der Waals surface area contributed by atoms with Crippen molar-refractivity contribution in [1.82, 2.24) is 9.55 Å². The molecule has 1 aromatic carbocycles. The molecule has 0 amide bonds. The van der Waals surface area contributed by atoms with Gasteiger partial charge in [0.15, 0.2) is 0 Å². The van der Waals surface area contributed by atoms with Crippen LogP contribution in [-0.4, -0.2) is 34.3 Å². The molecule has 0 unspecified atom stereocenters. The second-order valence-corrected chi connectivity index (χ2v) is 4.75. The molecule has 0 aliphatic carbocycles. The standard InChI is InChI=1S/C15H20N2O3/c1-3-6-13-16-12-8-4-7-11(15(18)19)14(12)17(13)9-5-10-20-2/h4,7-8H,3,5-6,9-10H2,1-2H3,(H,18,19). The van der Waals surface area contributed by atoms with Crippen molar-refractivity contribution in [3.63, 3.8) is 0 Å². The van der Waals surface area contributed by atoms with Gasteiger partial charge in [0.25, 0.3) is 0 Å². The maximum atomic E-state index is 11.4. The van der Waals surface area contributed by atoms with E-state index in [4.69, 9.17) is 4.74 Å². The van der Waals surface area contributed by atoms with Crippen LogP contribution in [0, 0.1) is 0 Å². The van der Waals surface area contributed by atoms with E-state index in [-0.39, 0.29) is 0 Å². The molecule has 108 valence electrons. The molecular weight excluding hydrogens is 256 g/mol. The van der Waals surface area contributed by atoms with Crippen LogP contribution < -0.4 is 0 Å². The first kappa shape index (κ1) is 14.5. The van der Waals surface area contributed by atoms with E-state index >= 15 is 0 Å². The van der Waals surface area contributed by atoms with E-state index in [1.54, 1.807) is 19.2 Å². The first-order valence-electron chi connectivity index (χ1n) is 6.89. The molecule has 0 saturated heterocycles. The number of aryl methyl sites for hydroxylation is 2. The third-order valence-electron chi connectivity index (χ3n) is 3.28. The topological polar surface area (TPSA) is 64.3 Å². The highest BCUT2D eigenvalue weighted by Gasteiger charge is 2.16. The van der Waals surface area contributed by atoms with Gasteiger partial charge >= 0.3 is 5.97 Å². The van der Waals surface area contributed by atoms with Crippen molar-refractivity contribution in [2.24, 2.45) is 0 Å². The maximum absolute atomic E-state index is 11.4. The van der Waals surface area contributed by atoms with E-state index in [2.05, 4.69) is 11.9 Å². The van der Waals surface area contributed by atoms with E-state index in [9.17, 15) is 9.90 Å². The Hall–Kier alpha value is -1.88. The van der Waals surface area contributed by atoms with Crippen molar-refractivity contribution >= 4 is 17.0 Å². The molecule has 5 heteroatoms. The van der Waals surface area contributed by atoms with Crippen molar-refractivity contribution in [3.05, 3.63) is 29.6 Å². The minimum absolute atomic E-state index is 0.315. The predicted molar refractivity (Wildman–Crippen MR) is 77.2 cm³/mol. The fraction of sp³-hybridized carbons (Fsp3) is 0.467. The summed E-state index contributed by atoms with van der Waals surface area (Å²) < 4.78 is 7.11. The molecule has 1 aromatic heterocycles. The Morgan fingerprint density at radius 1 is 1.45 bits per heavy atom. The molecule has 0 saturated carbocycles. The second kappa shape index (κ2) is 6.52. The van der Waals surface area contributed by atoms with Crippen molar-refractivity contribution in [3.8, 4) is 0 Å². The lowest BCUT2D eigenvalue weighted by Crippen LogP contribution is -2.08. The summed E-state index contributed by atoms with van der Waals surface area (Å²) in [4.78, 5) is 16.0. The largest absolute Gasteiger partial charge is 0.478 e. The van der Waals surface area contributed by atoms with Gasteiger partial charge in [0.1, 0.15) is 5.82 Å². The van der Waals surface area contributed by atoms with Crippen LogP contribution in [0.5, 0.6) is 0 Å². The number of fused-ring (bicyclic) bond motifs is 1. The van der Waals surface area contributed by atoms with Crippen LogP contribution in [0.15, 0.2) is 18.2 Å². The smallest absolute Gasteiger partial charge is 0.337 e. The lowest BCUT2D eigenvalue weighted by molar-refractivity contribution is 0.0698. The number of carboxylic acids is 1. The van der Waals surface area contributed by atoms with Gasteiger partial charge in [0.2, 0.25) is 0 Å². The number of aromatic carboxylic acids is 1. The van der Waals surface area contributed by atoms with E-state index in [0.29, 0.717) is 12.2 Å². The third-order valence-corrected chi connectivity index (χ3v) is 3.28. The van der Waals surface area contributed by atoms with Gasteiger partial charge in [0, 0.05) is 26.7 Å². The Morgan fingerprint density at radius 2 is 2.25 bits per heavy atom. The maximum Gasteiger partial charge on any atom is 0.337 e. The van der Waals surface area contributed by atoms with Gasteiger partial charge in [-0.15, -0.1) is 0 Å². The fourth-order valence-corrected chi connectivity index (χ4v) is 2.43. The molecule has 1 heterocycles. The van der Waals surface area contributed by atoms with Crippen LogP contribution in [0.2, 0.25) is 0 Å². The number of carboxylic acid groups (broad SMARTS) is 1. The highest BCUT2D eigenvalue weighted by Crippen LogP contribution is 2.22. The van der Waals surface area contributed by atoms with Gasteiger partial charge in [-0.2, -0.15) is 0 Å². The van der Waals surface area contributed by atoms with Crippen LogP contribution in [-0.2, 0) is 17.7 Å². The molecular formula is C15H20N2O3. The average Bonchev–Trinajstić information content (AvgIpc) is 2.77. The quantitative estimate of drug-likeness (QED) is 0.790. The van der Waals surface area contributed by atoms with Crippen LogP contribution in [0.3, 0.4) is 0 Å². The first-order chi connectivity index (χ1) is 9.69. The number of imidazole rings is 1. The van der Waals surface area contributed by atoms with Gasteiger partial charge in [-0.25, -0.2) is 9.78 Å². The van der Waals surface area contributed by atoms with Crippen molar-refractivity contribution in [2.45, 2.75) is 32.7 Å². The zero-order chi connectivity index (χ0) is 14.5.